The molecule has 0 atom stereocenters. The Hall–Kier alpha value is -0.580. The summed E-state index contributed by atoms with van der Waals surface area (Å²) in [5.41, 5.74) is 0. The molecule has 0 radical (unpaired) electrons. The molecule has 1 aliphatic heterocycles. The highest BCUT2D eigenvalue weighted by atomic mass is 35.5. The quantitative estimate of drug-likeness (QED) is 0.906. The lowest BCUT2D eigenvalue weighted by Crippen LogP contribution is -2.30. The Morgan fingerprint density at radius 2 is 2.06 bits per heavy atom. The molecule has 1 aliphatic rings. The molecule has 6 heteroatoms. The Balaban J connectivity index is 1.90. The minimum absolute atomic E-state index is 0.262. The van der Waals surface area contributed by atoms with E-state index in [9.17, 15) is 0 Å². The molecule has 88 valence electrons. The van der Waals surface area contributed by atoms with Gasteiger partial charge in [0.25, 0.3) is 0 Å². The highest BCUT2D eigenvalue weighted by Crippen LogP contribution is 2.24. The summed E-state index contributed by atoms with van der Waals surface area (Å²) in [7, 11) is 0. The fourth-order valence-corrected chi connectivity index (χ4v) is 1.98. The number of hydrogen-bond acceptors (Lipinski definition) is 4. The van der Waals surface area contributed by atoms with Gasteiger partial charge in [0.05, 0.1) is 6.61 Å². The molecule has 0 unspecified atom stereocenters. The molecule has 0 aromatic carbocycles. The summed E-state index contributed by atoms with van der Waals surface area (Å²) in [4.78, 5) is 0. The molecular formula is C10H13Cl2N3O. The van der Waals surface area contributed by atoms with E-state index in [2.05, 4.69) is 15.5 Å². The number of hydrogen-bond donors (Lipinski definition) is 1. The smallest absolute Gasteiger partial charge is 0.193 e. The summed E-state index contributed by atoms with van der Waals surface area (Å²) in [6.45, 7) is 2.76. The minimum Gasteiger partial charge on any atom is -0.490 e. The van der Waals surface area contributed by atoms with Crippen LogP contribution in [0.5, 0.6) is 5.75 Å². The van der Waals surface area contributed by atoms with Crippen molar-refractivity contribution in [2.24, 2.45) is 5.92 Å². The molecule has 2 rings (SSSR count). The monoisotopic (exact) mass is 261 g/mol. The maximum atomic E-state index is 5.84. The first kappa shape index (κ1) is 11.9. The fraction of sp³-hybridized carbons (Fsp3) is 0.600. The lowest BCUT2D eigenvalue weighted by molar-refractivity contribution is 0.214. The molecule has 1 saturated heterocycles. The number of halogens is 2. The zero-order valence-corrected chi connectivity index (χ0v) is 10.3. The van der Waals surface area contributed by atoms with E-state index in [1.54, 1.807) is 6.07 Å². The van der Waals surface area contributed by atoms with Crippen LogP contribution < -0.4 is 10.1 Å². The van der Waals surface area contributed by atoms with Crippen LogP contribution in [0.2, 0.25) is 10.3 Å². The van der Waals surface area contributed by atoms with Gasteiger partial charge in [-0.1, -0.05) is 23.2 Å². The van der Waals surface area contributed by atoms with Crippen molar-refractivity contribution in [3.8, 4) is 5.75 Å². The Morgan fingerprint density at radius 3 is 2.81 bits per heavy atom. The first-order valence-corrected chi connectivity index (χ1v) is 6.03. The van der Waals surface area contributed by atoms with Gasteiger partial charge in [0.1, 0.15) is 0 Å². The second-order valence-electron chi connectivity index (χ2n) is 3.83. The largest absolute Gasteiger partial charge is 0.490 e. The van der Waals surface area contributed by atoms with Crippen LogP contribution in [0.4, 0.5) is 0 Å². The van der Waals surface area contributed by atoms with E-state index >= 15 is 0 Å². The van der Waals surface area contributed by atoms with Gasteiger partial charge in [0.2, 0.25) is 0 Å². The van der Waals surface area contributed by atoms with Crippen LogP contribution in [-0.2, 0) is 0 Å². The first-order valence-electron chi connectivity index (χ1n) is 5.28. The molecule has 0 bridgehead atoms. The molecule has 4 nitrogen and oxygen atoms in total. The molecule has 1 N–H and O–H groups in total. The third kappa shape index (κ3) is 3.20. The fourth-order valence-electron chi connectivity index (χ4n) is 1.69. The summed E-state index contributed by atoms with van der Waals surface area (Å²) >= 11 is 11.6. The molecule has 0 saturated carbocycles. The molecule has 0 amide bonds. The highest BCUT2D eigenvalue weighted by Gasteiger charge is 2.14. The molecule has 0 aliphatic carbocycles. The molecule has 1 aromatic rings. The Bertz CT molecular complexity index is 356. The van der Waals surface area contributed by atoms with Gasteiger partial charge < -0.3 is 10.1 Å². The summed E-state index contributed by atoms with van der Waals surface area (Å²) in [5, 5.41) is 11.2. The Labute approximate surface area is 104 Å². The molecule has 2 heterocycles. The van der Waals surface area contributed by atoms with E-state index in [1.165, 1.54) is 0 Å². The average molecular weight is 262 g/mol. The van der Waals surface area contributed by atoms with Crippen molar-refractivity contribution in [3.05, 3.63) is 16.4 Å². The molecule has 0 spiro atoms. The highest BCUT2D eigenvalue weighted by molar-refractivity contribution is 6.32. The summed E-state index contributed by atoms with van der Waals surface area (Å²) in [6.07, 6.45) is 2.26. The summed E-state index contributed by atoms with van der Waals surface area (Å²) < 4.78 is 5.61. The van der Waals surface area contributed by atoms with Gasteiger partial charge in [0.15, 0.2) is 16.1 Å². The zero-order valence-electron chi connectivity index (χ0n) is 8.75. The minimum atomic E-state index is 0.262. The Morgan fingerprint density at radius 1 is 1.31 bits per heavy atom. The van der Waals surface area contributed by atoms with Crippen molar-refractivity contribution in [3.63, 3.8) is 0 Å². The predicted octanol–water partition coefficient (Wildman–Crippen LogP) is 2.16. The molecule has 1 aromatic heterocycles. The first-order chi connectivity index (χ1) is 7.75. The van der Waals surface area contributed by atoms with E-state index in [1.807, 2.05) is 0 Å². The van der Waals surface area contributed by atoms with Crippen LogP contribution in [0.25, 0.3) is 0 Å². The van der Waals surface area contributed by atoms with Crippen molar-refractivity contribution >= 4 is 23.2 Å². The van der Waals surface area contributed by atoms with E-state index < -0.39 is 0 Å². The van der Waals surface area contributed by atoms with Crippen molar-refractivity contribution < 1.29 is 4.74 Å². The van der Waals surface area contributed by atoms with E-state index in [0.717, 1.165) is 25.9 Å². The molecular weight excluding hydrogens is 249 g/mol. The van der Waals surface area contributed by atoms with Gasteiger partial charge in [-0.15, -0.1) is 10.2 Å². The number of aromatic nitrogens is 2. The van der Waals surface area contributed by atoms with Gasteiger partial charge in [-0.25, -0.2) is 0 Å². The molecule has 16 heavy (non-hydrogen) atoms. The number of rotatable bonds is 3. The summed E-state index contributed by atoms with van der Waals surface area (Å²) in [6, 6.07) is 1.60. The van der Waals surface area contributed by atoms with Gasteiger partial charge in [-0.2, -0.15) is 0 Å². The van der Waals surface area contributed by atoms with Crippen LogP contribution >= 0.6 is 23.2 Å². The standard InChI is InChI=1S/C10H13Cl2N3O/c11-9-5-8(10(12)15-14-9)16-6-7-1-3-13-4-2-7/h5,7,13H,1-4,6H2. The number of nitrogens with one attached hydrogen (secondary N) is 1. The topological polar surface area (TPSA) is 47.0 Å². The normalized spacial score (nSPS) is 17.4. The number of piperidine rings is 1. The summed E-state index contributed by atoms with van der Waals surface area (Å²) in [5.74, 6) is 1.09. The van der Waals surface area contributed by atoms with Crippen molar-refractivity contribution in [1.29, 1.82) is 0 Å². The van der Waals surface area contributed by atoms with Gasteiger partial charge in [-0.3, -0.25) is 0 Å². The predicted molar refractivity (Wildman–Crippen MR) is 63.1 cm³/mol. The van der Waals surface area contributed by atoms with E-state index in [4.69, 9.17) is 27.9 Å². The van der Waals surface area contributed by atoms with Crippen LogP contribution in [0.15, 0.2) is 6.07 Å². The second-order valence-corrected chi connectivity index (χ2v) is 4.57. The van der Waals surface area contributed by atoms with Gasteiger partial charge >= 0.3 is 0 Å². The van der Waals surface area contributed by atoms with Crippen molar-refractivity contribution in [2.45, 2.75) is 12.8 Å². The number of ether oxygens (including phenoxy) is 1. The van der Waals surface area contributed by atoms with Crippen molar-refractivity contribution in [2.75, 3.05) is 19.7 Å². The van der Waals surface area contributed by atoms with Crippen molar-refractivity contribution in [1.82, 2.24) is 15.5 Å². The van der Waals surface area contributed by atoms with Crippen LogP contribution in [0.3, 0.4) is 0 Å². The third-order valence-corrected chi connectivity index (χ3v) is 3.07. The lowest BCUT2D eigenvalue weighted by atomic mass is 9.99. The third-order valence-electron chi connectivity index (χ3n) is 2.62. The lowest BCUT2D eigenvalue weighted by Gasteiger charge is -2.22. The van der Waals surface area contributed by atoms with Crippen LogP contribution in [0, 0.1) is 5.92 Å². The van der Waals surface area contributed by atoms with Crippen LogP contribution in [-0.4, -0.2) is 29.9 Å². The SMILES string of the molecule is Clc1cc(OCC2CCNCC2)c(Cl)nn1. The second kappa shape index (κ2) is 5.66. The Kier molecular flexibility index (Phi) is 4.21. The maximum absolute atomic E-state index is 5.84. The number of nitrogens with zero attached hydrogens (tertiary/aromatic N) is 2. The average Bonchev–Trinajstić information content (AvgIpc) is 2.32. The maximum Gasteiger partial charge on any atom is 0.193 e. The van der Waals surface area contributed by atoms with Crippen LogP contribution in [0.1, 0.15) is 12.8 Å². The molecule has 1 fully saturated rings. The van der Waals surface area contributed by atoms with E-state index in [-0.39, 0.29) is 5.15 Å². The van der Waals surface area contributed by atoms with Gasteiger partial charge in [-0.05, 0) is 31.8 Å². The van der Waals surface area contributed by atoms with E-state index in [0.29, 0.717) is 23.4 Å². The van der Waals surface area contributed by atoms with Gasteiger partial charge in [0, 0.05) is 6.07 Å². The zero-order chi connectivity index (χ0) is 11.4.